The van der Waals surface area contributed by atoms with Crippen LogP contribution in [-0.2, 0) is 0 Å². The summed E-state index contributed by atoms with van der Waals surface area (Å²) in [7, 11) is 0. The van der Waals surface area contributed by atoms with Gasteiger partial charge in [0.1, 0.15) is 0 Å². The Morgan fingerprint density at radius 2 is 1.69 bits per heavy atom. The van der Waals surface area contributed by atoms with Gasteiger partial charge in [0, 0.05) is 12.1 Å². The summed E-state index contributed by atoms with van der Waals surface area (Å²) in [6, 6.07) is 1.98. The van der Waals surface area contributed by atoms with Gasteiger partial charge in [-0.05, 0) is 51.0 Å². The molecule has 1 nitrogen and oxygen atoms in total. The normalized spacial score (nSPS) is 45.7. The Balaban J connectivity index is 1.84. The summed E-state index contributed by atoms with van der Waals surface area (Å²) >= 11 is 0. The molecule has 2 heterocycles. The zero-order chi connectivity index (χ0) is 8.67. The summed E-state index contributed by atoms with van der Waals surface area (Å²) in [6.45, 7) is 1.42. The molecule has 3 fully saturated rings. The molecule has 0 radical (unpaired) electrons. The number of nitrogens with zero attached hydrogens (tertiary/aromatic N) is 1. The molecule has 3 unspecified atom stereocenters. The molecule has 2 bridgehead atoms. The molecule has 3 atom stereocenters. The molecule has 0 aromatic rings. The molecule has 3 rings (SSSR count). The fraction of sp³-hybridized carbons (Fsp3) is 1.00. The van der Waals surface area contributed by atoms with E-state index in [-0.39, 0.29) is 0 Å². The van der Waals surface area contributed by atoms with Gasteiger partial charge in [0.2, 0.25) is 0 Å². The van der Waals surface area contributed by atoms with Crippen molar-refractivity contribution >= 4 is 0 Å². The second kappa shape index (κ2) is 3.27. The van der Waals surface area contributed by atoms with Crippen molar-refractivity contribution in [2.45, 2.75) is 63.5 Å². The maximum Gasteiger partial charge on any atom is 0.0101 e. The Kier molecular flexibility index (Phi) is 2.08. The van der Waals surface area contributed by atoms with Crippen molar-refractivity contribution in [2.24, 2.45) is 5.92 Å². The lowest BCUT2D eigenvalue weighted by molar-refractivity contribution is 0.156. The molecule has 0 aromatic carbocycles. The molecule has 1 aliphatic carbocycles. The molecule has 0 N–H and O–H groups in total. The molecule has 2 saturated heterocycles. The molecule has 1 saturated carbocycles. The van der Waals surface area contributed by atoms with Gasteiger partial charge in [-0.15, -0.1) is 0 Å². The number of rotatable bonds is 0. The van der Waals surface area contributed by atoms with Crippen LogP contribution in [0.1, 0.15) is 51.4 Å². The topological polar surface area (TPSA) is 3.24 Å². The molecule has 0 spiro atoms. The third kappa shape index (κ3) is 1.41. The molecule has 2 aliphatic heterocycles. The molecule has 13 heavy (non-hydrogen) atoms. The summed E-state index contributed by atoms with van der Waals surface area (Å²) in [6.07, 6.45) is 12.1. The van der Waals surface area contributed by atoms with Crippen molar-refractivity contribution in [3.8, 4) is 0 Å². The van der Waals surface area contributed by atoms with Crippen LogP contribution in [0, 0.1) is 5.92 Å². The highest BCUT2D eigenvalue weighted by atomic mass is 15.2. The van der Waals surface area contributed by atoms with Gasteiger partial charge in [-0.25, -0.2) is 0 Å². The Morgan fingerprint density at radius 1 is 0.769 bits per heavy atom. The molecule has 0 aromatic heterocycles. The average Bonchev–Trinajstić information content (AvgIpc) is 2.36. The Hall–Kier alpha value is -0.0400. The SMILES string of the molecule is C1CC2CCC(C1)N1CCCC1C2. The number of hydrogen-bond donors (Lipinski definition) is 0. The van der Waals surface area contributed by atoms with Crippen LogP contribution in [0.4, 0.5) is 0 Å². The van der Waals surface area contributed by atoms with E-state index >= 15 is 0 Å². The predicted molar refractivity (Wildman–Crippen MR) is 54.7 cm³/mol. The summed E-state index contributed by atoms with van der Waals surface area (Å²) in [4.78, 5) is 2.86. The molecular formula is C12H21N. The Morgan fingerprint density at radius 3 is 2.69 bits per heavy atom. The van der Waals surface area contributed by atoms with Crippen LogP contribution in [0.5, 0.6) is 0 Å². The monoisotopic (exact) mass is 179 g/mol. The van der Waals surface area contributed by atoms with Crippen molar-refractivity contribution in [1.29, 1.82) is 0 Å². The van der Waals surface area contributed by atoms with Crippen LogP contribution in [0.15, 0.2) is 0 Å². The van der Waals surface area contributed by atoms with Gasteiger partial charge < -0.3 is 0 Å². The lowest BCUT2D eigenvalue weighted by Gasteiger charge is -2.32. The van der Waals surface area contributed by atoms with Gasteiger partial charge in [0.15, 0.2) is 0 Å². The first-order valence-corrected chi connectivity index (χ1v) is 6.19. The smallest absolute Gasteiger partial charge is 0.0101 e. The largest absolute Gasteiger partial charge is 0.297 e. The van der Waals surface area contributed by atoms with E-state index < -0.39 is 0 Å². The second-order valence-corrected chi connectivity index (χ2v) is 5.30. The molecule has 74 valence electrons. The van der Waals surface area contributed by atoms with Gasteiger partial charge in [-0.3, -0.25) is 4.90 Å². The summed E-state index contributed by atoms with van der Waals surface area (Å²) < 4.78 is 0. The quantitative estimate of drug-likeness (QED) is 0.552. The molecule has 1 heteroatoms. The standard InChI is InChI=1S/C12H21N/c1-3-10-6-7-11(4-1)13-8-2-5-12(13)9-10/h10-12H,1-9H2. The third-order valence-electron chi connectivity index (χ3n) is 4.55. The van der Waals surface area contributed by atoms with E-state index in [1.807, 2.05) is 0 Å². The maximum absolute atomic E-state index is 2.86. The van der Waals surface area contributed by atoms with E-state index in [9.17, 15) is 0 Å². The summed E-state index contributed by atoms with van der Waals surface area (Å²) in [5.74, 6) is 1.10. The first-order chi connectivity index (χ1) is 6.43. The minimum absolute atomic E-state index is 0.986. The highest BCUT2D eigenvalue weighted by Gasteiger charge is 2.36. The van der Waals surface area contributed by atoms with E-state index in [0.29, 0.717) is 0 Å². The highest BCUT2D eigenvalue weighted by Crippen LogP contribution is 2.39. The fourth-order valence-electron chi connectivity index (χ4n) is 3.90. The third-order valence-corrected chi connectivity index (χ3v) is 4.55. The minimum atomic E-state index is 0.986. The van der Waals surface area contributed by atoms with E-state index in [1.54, 1.807) is 6.42 Å². The van der Waals surface area contributed by atoms with E-state index in [2.05, 4.69) is 4.90 Å². The fourth-order valence-corrected chi connectivity index (χ4v) is 3.90. The molecular weight excluding hydrogens is 158 g/mol. The van der Waals surface area contributed by atoms with Crippen LogP contribution in [0.2, 0.25) is 0 Å². The lowest BCUT2D eigenvalue weighted by atomic mass is 9.92. The maximum atomic E-state index is 2.86. The van der Waals surface area contributed by atoms with Crippen molar-refractivity contribution in [3.63, 3.8) is 0 Å². The first-order valence-electron chi connectivity index (χ1n) is 6.19. The van der Waals surface area contributed by atoms with Gasteiger partial charge in [0.05, 0.1) is 0 Å². The van der Waals surface area contributed by atoms with Crippen LogP contribution < -0.4 is 0 Å². The zero-order valence-electron chi connectivity index (χ0n) is 8.54. The van der Waals surface area contributed by atoms with Gasteiger partial charge in [-0.1, -0.05) is 12.8 Å². The molecule has 0 amide bonds. The Bertz CT molecular complexity index is 190. The molecule has 3 aliphatic rings. The average molecular weight is 179 g/mol. The van der Waals surface area contributed by atoms with Gasteiger partial charge >= 0.3 is 0 Å². The Labute approximate surface area is 81.5 Å². The van der Waals surface area contributed by atoms with Crippen molar-refractivity contribution in [3.05, 3.63) is 0 Å². The number of fused-ring (bicyclic) bond motifs is 5. The van der Waals surface area contributed by atoms with Crippen LogP contribution in [0.25, 0.3) is 0 Å². The predicted octanol–water partition coefficient (Wildman–Crippen LogP) is 2.80. The van der Waals surface area contributed by atoms with Crippen molar-refractivity contribution in [2.75, 3.05) is 6.54 Å². The lowest BCUT2D eigenvalue weighted by Crippen LogP contribution is -2.38. The minimum Gasteiger partial charge on any atom is -0.297 e. The van der Waals surface area contributed by atoms with Gasteiger partial charge in [0.25, 0.3) is 0 Å². The number of hydrogen-bond acceptors (Lipinski definition) is 1. The second-order valence-electron chi connectivity index (χ2n) is 5.30. The summed E-state index contributed by atoms with van der Waals surface area (Å²) in [5, 5.41) is 0. The van der Waals surface area contributed by atoms with Crippen molar-refractivity contribution in [1.82, 2.24) is 4.90 Å². The van der Waals surface area contributed by atoms with Crippen molar-refractivity contribution < 1.29 is 0 Å². The van der Waals surface area contributed by atoms with Crippen LogP contribution in [0.3, 0.4) is 0 Å². The first kappa shape index (κ1) is 8.28. The van der Waals surface area contributed by atoms with Gasteiger partial charge in [-0.2, -0.15) is 0 Å². The summed E-state index contributed by atoms with van der Waals surface area (Å²) in [5.41, 5.74) is 0. The van der Waals surface area contributed by atoms with E-state index in [1.165, 1.54) is 51.5 Å². The zero-order valence-corrected chi connectivity index (χ0v) is 8.54. The van der Waals surface area contributed by atoms with Crippen LogP contribution in [-0.4, -0.2) is 23.5 Å². The van der Waals surface area contributed by atoms with E-state index in [0.717, 1.165) is 18.0 Å². The highest BCUT2D eigenvalue weighted by molar-refractivity contribution is 4.91. The van der Waals surface area contributed by atoms with Crippen LogP contribution >= 0.6 is 0 Å². The van der Waals surface area contributed by atoms with E-state index in [4.69, 9.17) is 0 Å².